The quantitative estimate of drug-likeness (QED) is 0.387. The second-order valence-electron chi connectivity index (χ2n) is 7.85. The monoisotopic (exact) mass is 570 g/mol. The molecule has 4 rings (SSSR count). The van der Waals surface area contributed by atoms with Gasteiger partial charge in [-0.1, -0.05) is 46.7 Å². The van der Waals surface area contributed by atoms with Crippen molar-refractivity contribution in [3.63, 3.8) is 0 Å². The largest absolute Gasteiger partial charge is 0.481 e. The van der Waals surface area contributed by atoms with Gasteiger partial charge in [-0.15, -0.1) is 0 Å². The van der Waals surface area contributed by atoms with Crippen LogP contribution in [0.2, 0.25) is 9.36 Å². The first-order valence-electron chi connectivity index (χ1n) is 10.6. The van der Waals surface area contributed by atoms with E-state index in [9.17, 15) is 18.0 Å². The van der Waals surface area contributed by atoms with Crippen LogP contribution >= 0.6 is 34.5 Å². The molecule has 3 aromatic rings. The van der Waals surface area contributed by atoms with E-state index in [1.165, 1.54) is 24.3 Å². The third kappa shape index (κ3) is 6.16. The number of carbonyl (C=O) groups is 2. The molecule has 9 nitrogen and oxygen atoms in total. The molecule has 0 saturated carbocycles. The number of halogens is 2. The van der Waals surface area contributed by atoms with E-state index in [2.05, 4.69) is 10.3 Å². The van der Waals surface area contributed by atoms with Crippen LogP contribution in [0.4, 0.5) is 5.13 Å². The van der Waals surface area contributed by atoms with E-state index in [1.807, 2.05) is 0 Å². The summed E-state index contributed by atoms with van der Waals surface area (Å²) in [6.07, 6.45) is -1.16. The fraction of sp³-hybridized carbons (Fsp3) is 0.261. The molecule has 0 spiro atoms. The summed E-state index contributed by atoms with van der Waals surface area (Å²) in [4.78, 5) is 28.4. The Bertz CT molecular complexity index is 1350. The van der Waals surface area contributed by atoms with Crippen molar-refractivity contribution in [2.45, 2.75) is 29.1 Å². The minimum absolute atomic E-state index is 0.103. The summed E-state index contributed by atoms with van der Waals surface area (Å²) in [5, 5.41) is 11.6. The minimum Gasteiger partial charge on any atom is -0.481 e. The van der Waals surface area contributed by atoms with E-state index in [0.29, 0.717) is 29.4 Å². The van der Waals surface area contributed by atoms with Gasteiger partial charge in [0.15, 0.2) is 15.0 Å². The number of hydrogen-bond donors (Lipinski definition) is 2. The Kier molecular flexibility index (Phi) is 8.16. The summed E-state index contributed by atoms with van der Waals surface area (Å²) in [6, 6.07) is 12.3. The molecule has 2 heterocycles. The van der Waals surface area contributed by atoms with Gasteiger partial charge in [-0.05, 0) is 42.8 Å². The van der Waals surface area contributed by atoms with Crippen LogP contribution in [-0.4, -0.2) is 48.8 Å². The molecular weight excluding hydrogens is 551 g/mol. The molecule has 0 bridgehead atoms. The van der Waals surface area contributed by atoms with Gasteiger partial charge in [-0.25, -0.2) is 13.4 Å². The number of sulfone groups is 1. The molecule has 2 aromatic carbocycles. The van der Waals surface area contributed by atoms with Crippen LogP contribution in [0.5, 0.6) is 5.75 Å². The van der Waals surface area contributed by atoms with Gasteiger partial charge >= 0.3 is 5.97 Å². The standard InChI is InChI=1S/C23H20Cl2N2O7S2/c24-14-3-5-15(6-4-14)34-20(22(30)27-23-26-18(11-19(28)29)21(25)35-23)13-1-7-16(8-2-13)36(31,32)17-9-10-33-12-17/h1-8,17,20H,9-12H2,(H,28,29)(H,26,27,30). The van der Waals surface area contributed by atoms with E-state index >= 15 is 0 Å². The number of ether oxygens (including phenoxy) is 2. The number of aromatic nitrogens is 1. The number of aliphatic carboxylic acids is 1. The van der Waals surface area contributed by atoms with Gasteiger partial charge in [0.25, 0.3) is 5.91 Å². The number of amides is 1. The Balaban J connectivity index is 1.60. The van der Waals surface area contributed by atoms with Gasteiger partial charge in [0.05, 0.1) is 28.9 Å². The second kappa shape index (κ2) is 11.1. The predicted octanol–water partition coefficient (Wildman–Crippen LogP) is 4.40. The third-order valence-electron chi connectivity index (χ3n) is 5.34. The lowest BCUT2D eigenvalue weighted by Crippen LogP contribution is -2.26. The van der Waals surface area contributed by atoms with Crippen molar-refractivity contribution in [3.8, 4) is 5.75 Å². The number of carboxylic acid groups (broad SMARTS) is 1. The third-order valence-corrected chi connectivity index (χ3v) is 9.02. The topological polar surface area (TPSA) is 132 Å². The molecule has 1 aromatic heterocycles. The van der Waals surface area contributed by atoms with Gasteiger partial charge in [-0.3, -0.25) is 14.9 Å². The number of carbonyl (C=O) groups excluding carboxylic acids is 1. The highest BCUT2D eigenvalue weighted by atomic mass is 35.5. The number of thiazole rings is 1. The van der Waals surface area contributed by atoms with E-state index in [1.54, 1.807) is 24.3 Å². The molecule has 0 radical (unpaired) electrons. The number of benzene rings is 2. The highest BCUT2D eigenvalue weighted by Crippen LogP contribution is 2.31. The average Bonchev–Trinajstić information content (AvgIpc) is 3.49. The summed E-state index contributed by atoms with van der Waals surface area (Å²) >= 11 is 12.9. The number of nitrogens with zero attached hydrogens (tertiary/aromatic N) is 1. The van der Waals surface area contributed by atoms with Gasteiger partial charge in [0.2, 0.25) is 6.10 Å². The maximum absolute atomic E-state index is 13.2. The van der Waals surface area contributed by atoms with Crippen molar-refractivity contribution in [3.05, 3.63) is 69.1 Å². The van der Waals surface area contributed by atoms with Crippen LogP contribution in [0.25, 0.3) is 0 Å². The normalized spacial score (nSPS) is 16.4. The Hall–Kier alpha value is -2.70. The van der Waals surface area contributed by atoms with Crippen LogP contribution in [0.1, 0.15) is 23.8 Å². The minimum atomic E-state index is -3.58. The number of hydrogen-bond acceptors (Lipinski definition) is 8. The highest BCUT2D eigenvalue weighted by molar-refractivity contribution is 7.92. The van der Waals surface area contributed by atoms with Crippen molar-refractivity contribution in [1.29, 1.82) is 0 Å². The van der Waals surface area contributed by atoms with Gasteiger partial charge < -0.3 is 14.6 Å². The second-order valence-corrected chi connectivity index (χ2v) is 12.1. The van der Waals surface area contributed by atoms with Gasteiger partial charge in [0, 0.05) is 17.2 Å². The zero-order chi connectivity index (χ0) is 25.9. The summed E-state index contributed by atoms with van der Waals surface area (Å²) < 4.78 is 37.0. The summed E-state index contributed by atoms with van der Waals surface area (Å²) in [5.74, 6) is -1.37. The van der Waals surface area contributed by atoms with Crippen molar-refractivity contribution in [1.82, 2.24) is 4.98 Å². The lowest BCUT2D eigenvalue weighted by atomic mass is 10.1. The van der Waals surface area contributed by atoms with Crippen molar-refractivity contribution in [2.75, 3.05) is 18.5 Å². The SMILES string of the molecule is O=C(O)Cc1nc(NC(=O)C(Oc2ccc(Cl)cc2)c2ccc(S(=O)(=O)C3CCOC3)cc2)sc1Cl. The molecule has 1 amide bonds. The van der Waals surface area contributed by atoms with Crippen molar-refractivity contribution < 1.29 is 32.6 Å². The maximum Gasteiger partial charge on any atom is 0.309 e. The van der Waals surface area contributed by atoms with Crippen LogP contribution in [0.3, 0.4) is 0 Å². The molecule has 13 heteroatoms. The van der Waals surface area contributed by atoms with Crippen LogP contribution < -0.4 is 10.1 Å². The molecular formula is C23H20Cl2N2O7S2. The molecule has 1 saturated heterocycles. The Labute approximate surface area is 220 Å². The first kappa shape index (κ1) is 26.4. The number of nitrogens with one attached hydrogen (secondary N) is 1. The molecule has 190 valence electrons. The fourth-order valence-corrected chi connectivity index (χ4v) is 6.26. The van der Waals surface area contributed by atoms with Crippen LogP contribution in [0.15, 0.2) is 53.4 Å². The van der Waals surface area contributed by atoms with Crippen molar-refractivity contribution in [2.24, 2.45) is 0 Å². The average molecular weight is 571 g/mol. The maximum atomic E-state index is 13.2. The Morgan fingerprint density at radius 2 is 1.86 bits per heavy atom. The molecule has 2 atom stereocenters. The smallest absolute Gasteiger partial charge is 0.309 e. The van der Waals surface area contributed by atoms with Crippen LogP contribution in [-0.2, 0) is 30.6 Å². The number of rotatable bonds is 9. The predicted molar refractivity (Wildman–Crippen MR) is 135 cm³/mol. The first-order chi connectivity index (χ1) is 17.1. The Morgan fingerprint density at radius 1 is 1.17 bits per heavy atom. The Morgan fingerprint density at radius 3 is 2.47 bits per heavy atom. The summed E-state index contributed by atoms with van der Waals surface area (Å²) in [6.45, 7) is 0.545. The van der Waals surface area contributed by atoms with Gasteiger partial charge in [-0.2, -0.15) is 0 Å². The molecule has 2 N–H and O–H groups in total. The van der Waals surface area contributed by atoms with Crippen molar-refractivity contribution >= 4 is 61.4 Å². The summed E-state index contributed by atoms with van der Waals surface area (Å²) in [7, 11) is -3.58. The van der Waals surface area contributed by atoms with E-state index in [4.69, 9.17) is 37.8 Å². The summed E-state index contributed by atoms with van der Waals surface area (Å²) in [5.41, 5.74) is 0.516. The zero-order valence-electron chi connectivity index (χ0n) is 18.5. The molecule has 1 fully saturated rings. The number of carboxylic acids is 1. The van der Waals surface area contributed by atoms with Crippen LogP contribution in [0, 0.1) is 0 Å². The lowest BCUT2D eigenvalue weighted by molar-refractivity contribution is -0.136. The zero-order valence-corrected chi connectivity index (χ0v) is 21.7. The van der Waals surface area contributed by atoms with E-state index < -0.39 is 39.5 Å². The molecule has 36 heavy (non-hydrogen) atoms. The fourth-order valence-electron chi connectivity index (χ4n) is 3.51. The first-order valence-corrected chi connectivity index (χ1v) is 13.8. The molecule has 2 unspecified atom stereocenters. The highest BCUT2D eigenvalue weighted by Gasteiger charge is 2.32. The number of anilines is 1. The molecule has 0 aliphatic carbocycles. The lowest BCUT2D eigenvalue weighted by Gasteiger charge is -2.19. The molecule has 1 aliphatic heterocycles. The van der Waals surface area contributed by atoms with E-state index in [-0.39, 0.29) is 26.7 Å². The molecule has 1 aliphatic rings. The van der Waals surface area contributed by atoms with Gasteiger partial charge in [0.1, 0.15) is 10.1 Å². The van der Waals surface area contributed by atoms with E-state index in [0.717, 1.165) is 11.3 Å².